The molecule has 0 radical (unpaired) electrons. The number of aromatic nitrogens is 2. The average Bonchev–Trinajstić information content (AvgIpc) is 2.98. The van der Waals surface area contributed by atoms with Crippen LogP contribution < -0.4 is 10.6 Å². The number of aliphatic imine (C=N–C) groups is 1. The van der Waals surface area contributed by atoms with Crippen molar-refractivity contribution in [2.75, 3.05) is 13.1 Å². The smallest absolute Gasteiger partial charge is 0.191 e. The van der Waals surface area contributed by atoms with Gasteiger partial charge in [0.1, 0.15) is 12.4 Å². The minimum absolute atomic E-state index is 0. The lowest BCUT2D eigenvalue weighted by Gasteiger charge is -2.10. The number of hydrogen-bond acceptors (Lipinski definition) is 2. The largest absolute Gasteiger partial charge is 0.357 e. The third-order valence-corrected chi connectivity index (χ3v) is 3.13. The molecule has 0 aliphatic heterocycles. The summed E-state index contributed by atoms with van der Waals surface area (Å²) in [6.45, 7) is 8.59. The van der Waals surface area contributed by atoms with E-state index in [0.29, 0.717) is 13.1 Å². The highest BCUT2D eigenvalue weighted by Gasteiger charge is 2.03. The lowest BCUT2D eigenvalue weighted by Crippen LogP contribution is -2.37. The maximum atomic E-state index is 4.56. The van der Waals surface area contributed by atoms with E-state index in [1.165, 1.54) is 5.56 Å². The Hall–Kier alpha value is -1.83. The molecule has 2 N–H and O–H groups in total. The molecule has 0 unspecified atom stereocenters. The zero-order valence-electron chi connectivity index (χ0n) is 13.4. The summed E-state index contributed by atoms with van der Waals surface area (Å²) in [7, 11) is 0. The van der Waals surface area contributed by atoms with Crippen LogP contribution in [0.5, 0.6) is 0 Å². The van der Waals surface area contributed by atoms with Crippen molar-refractivity contribution in [1.82, 2.24) is 20.2 Å². The van der Waals surface area contributed by atoms with Gasteiger partial charge in [-0.3, -0.25) is 0 Å². The Labute approximate surface area is 154 Å². The summed E-state index contributed by atoms with van der Waals surface area (Å²) < 4.78 is 2.12. The Kier molecular flexibility index (Phi) is 9.04. The highest BCUT2D eigenvalue weighted by molar-refractivity contribution is 14.0. The summed E-state index contributed by atoms with van der Waals surface area (Å²) in [5, 5.41) is 6.39. The van der Waals surface area contributed by atoms with E-state index >= 15 is 0 Å². The molecule has 0 saturated heterocycles. The van der Waals surface area contributed by atoms with E-state index in [4.69, 9.17) is 0 Å². The van der Waals surface area contributed by atoms with Crippen LogP contribution in [0.15, 0.2) is 60.4 Å². The van der Waals surface area contributed by atoms with Crippen molar-refractivity contribution in [2.24, 2.45) is 4.99 Å². The zero-order chi connectivity index (χ0) is 15.6. The van der Waals surface area contributed by atoms with E-state index in [-0.39, 0.29) is 24.0 Å². The van der Waals surface area contributed by atoms with Gasteiger partial charge in [0.2, 0.25) is 0 Å². The summed E-state index contributed by atoms with van der Waals surface area (Å²) in [6, 6.07) is 10.3. The van der Waals surface area contributed by atoms with Gasteiger partial charge >= 0.3 is 0 Å². The van der Waals surface area contributed by atoms with Crippen molar-refractivity contribution in [1.29, 1.82) is 0 Å². The van der Waals surface area contributed by atoms with Gasteiger partial charge < -0.3 is 15.2 Å². The summed E-state index contributed by atoms with van der Waals surface area (Å²) in [4.78, 5) is 8.96. The van der Waals surface area contributed by atoms with Gasteiger partial charge in [-0.1, -0.05) is 36.4 Å². The lowest BCUT2D eigenvalue weighted by molar-refractivity contribution is 0.719. The summed E-state index contributed by atoms with van der Waals surface area (Å²) in [5.41, 5.74) is 1.25. The molecule has 0 aliphatic carbocycles. The molecule has 0 saturated carbocycles. The molecule has 1 heterocycles. The second-order valence-electron chi connectivity index (χ2n) is 4.82. The van der Waals surface area contributed by atoms with Crippen LogP contribution in [0.2, 0.25) is 0 Å². The van der Waals surface area contributed by atoms with Crippen LogP contribution in [-0.2, 0) is 13.1 Å². The quantitative estimate of drug-likeness (QED) is 0.311. The monoisotopic (exact) mass is 425 g/mol. The summed E-state index contributed by atoms with van der Waals surface area (Å²) in [6.07, 6.45) is 5.61. The van der Waals surface area contributed by atoms with Gasteiger partial charge in [-0.15, -0.1) is 30.6 Å². The lowest BCUT2D eigenvalue weighted by atomic mass is 10.2. The van der Waals surface area contributed by atoms with Gasteiger partial charge in [-0.05, 0) is 12.5 Å². The van der Waals surface area contributed by atoms with Crippen LogP contribution in [0.25, 0.3) is 0 Å². The van der Waals surface area contributed by atoms with Crippen LogP contribution in [-0.4, -0.2) is 28.6 Å². The van der Waals surface area contributed by atoms with E-state index in [0.717, 1.165) is 24.9 Å². The fourth-order valence-electron chi connectivity index (χ4n) is 2.08. The predicted molar refractivity (Wildman–Crippen MR) is 106 cm³/mol. The number of hydrogen-bond donors (Lipinski definition) is 2. The van der Waals surface area contributed by atoms with Gasteiger partial charge in [0.25, 0.3) is 0 Å². The first kappa shape index (κ1) is 19.2. The minimum Gasteiger partial charge on any atom is -0.357 e. The van der Waals surface area contributed by atoms with Crippen LogP contribution in [0.4, 0.5) is 0 Å². The Morgan fingerprint density at radius 3 is 2.78 bits per heavy atom. The van der Waals surface area contributed by atoms with Crippen LogP contribution in [0, 0.1) is 0 Å². The molecule has 124 valence electrons. The number of benzene rings is 1. The molecule has 0 spiro atoms. The number of nitrogens with zero attached hydrogens (tertiary/aromatic N) is 3. The van der Waals surface area contributed by atoms with E-state index in [9.17, 15) is 0 Å². The van der Waals surface area contributed by atoms with Gasteiger partial charge in [-0.2, -0.15) is 0 Å². The fourth-order valence-corrected chi connectivity index (χ4v) is 2.08. The van der Waals surface area contributed by atoms with E-state index < -0.39 is 0 Å². The first-order valence-electron chi connectivity index (χ1n) is 7.50. The highest BCUT2D eigenvalue weighted by Crippen LogP contribution is 2.06. The maximum absolute atomic E-state index is 4.56. The second kappa shape index (κ2) is 10.8. The van der Waals surface area contributed by atoms with Gasteiger partial charge in [0, 0.05) is 32.0 Å². The van der Waals surface area contributed by atoms with E-state index in [1.54, 1.807) is 0 Å². The minimum atomic E-state index is 0. The highest BCUT2D eigenvalue weighted by atomic mass is 127. The van der Waals surface area contributed by atoms with Crippen LogP contribution in [0.1, 0.15) is 18.3 Å². The summed E-state index contributed by atoms with van der Waals surface area (Å²) >= 11 is 0. The molecule has 0 aliphatic rings. The summed E-state index contributed by atoms with van der Waals surface area (Å²) in [5.74, 6) is 1.72. The Morgan fingerprint density at radius 1 is 1.30 bits per heavy atom. The van der Waals surface area contributed by atoms with Crippen molar-refractivity contribution in [3.05, 3.63) is 66.8 Å². The molecule has 0 amide bonds. The predicted octanol–water partition coefficient (Wildman–Crippen LogP) is 2.79. The van der Waals surface area contributed by atoms with E-state index in [1.807, 2.05) is 43.6 Å². The number of halogens is 1. The Balaban J connectivity index is 0.00000264. The molecule has 1 aromatic heterocycles. The molecule has 2 aromatic rings. The topological polar surface area (TPSA) is 54.2 Å². The van der Waals surface area contributed by atoms with Crippen molar-refractivity contribution in [3.8, 4) is 0 Å². The first-order chi connectivity index (χ1) is 10.8. The second-order valence-corrected chi connectivity index (χ2v) is 4.82. The molecule has 1 aromatic carbocycles. The third kappa shape index (κ3) is 6.43. The molecule has 23 heavy (non-hydrogen) atoms. The molecular weight excluding hydrogens is 401 g/mol. The molecular formula is C17H24IN5. The van der Waals surface area contributed by atoms with Gasteiger partial charge in [-0.25, -0.2) is 9.98 Å². The number of nitrogens with one attached hydrogen (secondary N) is 2. The normalized spacial score (nSPS) is 10.7. The standard InChI is InChI=1S/C17H23N5.HI/c1-3-10-20-17(18-4-2)21-13-16-19-11-12-22(16)14-15-8-6-5-7-9-15;/h3,5-9,11-12H,1,4,10,13-14H2,2H3,(H2,18,20,21);1H. The third-order valence-electron chi connectivity index (χ3n) is 3.13. The first-order valence-corrected chi connectivity index (χ1v) is 7.50. The Bertz CT molecular complexity index is 606. The molecule has 2 rings (SSSR count). The van der Waals surface area contributed by atoms with E-state index in [2.05, 4.69) is 43.9 Å². The Morgan fingerprint density at radius 2 is 2.09 bits per heavy atom. The van der Waals surface area contributed by atoms with Gasteiger partial charge in [0.05, 0.1) is 0 Å². The average molecular weight is 425 g/mol. The fraction of sp³-hybridized carbons (Fsp3) is 0.294. The zero-order valence-corrected chi connectivity index (χ0v) is 15.7. The van der Waals surface area contributed by atoms with Crippen LogP contribution >= 0.6 is 24.0 Å². The molecule has 0 fully saturated rings. The molecule has 5 nitrogen and oxygen atoms in total. The van der Waals surface area contributed by atoms with Crippen molar-refractivity contribution >= 4 is 29.9 Å². The molecule has 6 heteroatoms. The molecule has 0 atom stereocenters. The maximum Gasteiger partial charge on any atom is 0.191 e. The van der Waals surface area contributed by atoms with Crippen molar-refractivity contribution in [3.63, 3.8) is 0 Å². The van der Waals surface area contributed by atoms with Gasteiger partial charge in [0.15, 0.2) is 5.96 Å². The molecule has 0 bridgehead atoms. The number of imidazole rings is 1. The van der Waals surface area contributed by atoms with Crippen molar-refractivity contribution in [2.45, 2.75) is 20.0 Å². The number of rotatable bonds is 7. The SMILES string of the molecule is C=CCNC(=NCc1nccn1Cc1ccccc1)NCC.I. The van der Waals surface area contributed by atoms with Crippen LogP contribution in [0.3, 0.4) is 0 Å². The van der Waals surface area contributed by atoms with Crippen molar-refractivity contribution < 1.29 is 0 Å². The number of guanidine groups is 1.